The molecule has 2 heterocycles. The molecule has 0 saturated carbocycles. The van der Waals surface area contributed by atoms with Gasteiger partial charge in [0.1, 0.15) is 0 Å². The third-order valence-electron chi connectivity index (χ3n) is 12.6. The number of halogens is 3. The molecule has 2 nitrogen and oxygen atoms in total. The summed E-state index contributed by atoms with van der Waals surface area (Å²) in [5.74, 6) is 0. The molecule has 10 heteroatoms. The van der Waals surface area contributed by atoms with Crippen LogP contribution < -0.4 is 31.8 Å². The largest absolute Gasteiger partial charge is 0.0622 e. The van der Waals surface area contributed by atoms with Crippen LogP contribution >= 0.6 is 73.5 Å². The first-order valence-electron chi connectivity index (χ1n) is 27.3. The number of hydrogen-bond acceptors (Lipinski definition) is 4. The molecular formula is C71H71BrCl2N2P2PdS2. The van der Waals surface area contributed by atoms with Crippen LogP contribution in [0.5, 0.6) is 0 Å². The Balaban J connectivity index is 0.000000189. The number of aryl methyl sites for hydroxylation is 3. The van der Waals surface area contributed by atoms with Gasteiger partial charge in [0.05, 0.1) is 23.3 Å². The van der Waals surface area contributed by atoms with Crippen LogP contribution in [0, 0.1) is 29.6 Å². The van der Waals surface area contributed by atoms with Crippen molar-refractivity contribution < 1.29 is 15.9 Å². The molecule has 10 aromatic rings. The normalized spacial score (nSPS) is 10.1. The van der Waals surface area contributed by atoms with Crippen LogP contribution in [0.3, 0.4) is 0 Å². The number of benzene rings is 8. The molecule has 418 valence electrons. The number of nitriles is 2. The molecule has 8 aromatic carbocycles. The van der Waals surface area contributed by atoms with Gasteiger partial charge in [-0.15, -0.1) is 22.7 Å². The van der Waals surface area contributed by atoms with Crippen LogP contribution in [0.15, 0.2) is 258 Å². The van der Waals surface area contributed by atoms with Gasteiger partial charge in [-0.25, -0.2) is 0 Å². The van der Waals surface area contributed by atoms with Crippen molar-refractivity contribution in [1.82, 2.24) is 0 Å². The van der Waals surface area contributed by atoms with Crippen LogP contribution in [0.4, 0.5) is 0 Å². The van der Waals surface area contributed by atoms with E-state index in [1.165, 1.54) is 104 Å². The maximum absolute atomic E-state index is 9.30. The van der Waals surface area contributed by atoms with Crippen molar-refractivity contribution in [3.8, 4) is 22.6 Å². The van der Waals surface area contributed by atoms with Crippen LogP contribution in [-0.4, -0.2) is 0 Å². The van der Waals surface area contributed by atoms with E-state index in [1.807, 2.05) is 24.3 Å². The number of nitrogens with zero attached hydrogens (tertiary/aromatic N) is 2. The molecule has 2 aromatic heterocycles. The second-order valence-electron chi connectivity index (χ2n) is 18.4. The van der Waals surface area contributed by atoms with Gasteiger partial charge in [0.2, 0.25) is 0 Å². The molecule has 0 atom stereocenters. The van der Waals surface area contributed by atoms with Gasteiger partial charge < -0.3 is 0 Å². The first-order valence-corrected chi connectivity index (χ1v) is 36.6. The zero-order valence-corrected chi connectivity index (χ0v) is 54.4. The second-order valence-corrected chi connectivity index (χ2v) is 28.3. The Hall–Kier alpha value is -5.28. The summed E-state index contributed by atoms with van der Waals surface area (Å²) in [6.45, 7) is 6.53. The van der Waals surface area contributed by atoms with E-state index in [0.29, 0.717) is 0 Å². The average molecular weight is 1340 g/mol. The molecule has 0 aliphatic rings. The number of hydrogen-bond donors (Lipinski definition) is 0. The molecule has 0 saturated heterocycles. The van der Waals surface area contributed by atoms with Crippen molar-refractivity contribution >= 4 is 105 Å². The van der Waals surface area contributed by atoms with Gasteiger partial charge in [0.15, 0.2) is 0 Å². The minimum absolute atomic E-state index is 0.106. The topological polar surface area (TPSA) is 47.6 Å². The third kappa shape index (κ3) is 24.6. The van der Waals surface area contributed by atoms with Crippen LogP contribution in [-0.2, 0) is 28.8 Å². The molecule has 0 aliphatic heterocycles. The molecule has 81 heavy (non-hydrogen) atoms. The Bertz CT molecular complexity index is 2970. The summed E-state index contributed by atoms with van der Waals surface area (Å²) < 4.78 is 0.983. The first-order chi connectivity index (χ1) is 39.8. The standard InChI is InChI=1S/2C18H15P.C17H19NS.C13H16BrN.C5H6S.2ClH.Pd/c2*1-4-10-16(11-5-1)19(17-12-6-2-7-13-17)18-14-8-3-9-15-18;1-2-3-4-5-7-14-9-10-15(12-16(14)13-18)17-8-6-11-19-17;1-2-3-4-5-6-11-7-8-13(14)9-12(11)10-15;1-5-3-2-4-6-5;;;/h2*1-15H;6,8-12H,2-5,7H2,1H3;7-9H,2-6H2,1H3;2-4H,1H3;2*1H;/q;;;;;;;+2/p-2. The predicted molar refractivity (Wildman–Crippen MR) is 360 cm³/mol. The fourth-order valence-corrected chi connectivity index (χ4v) is 14.8. The Labute approximate surface area is 519 Å². The summed E-state index contributed by atoms with van der Waals surface area (Å²) in [6, 6.07) is 89.8. The second kappa shape index (κ2) is 40.8. The molecular weight excluding hydrogens is 1260 g/mol. The van der Waals surface area contributed by atoms with Crippen molar-refractivity contribution in [2.45, 2.75) is 85.0 Å². The number of rotatable bonds is 17. The molecule has 0 spiro atoms. The van der Waals surface area contributed by atoms with Crippen LogP contribution in [0.1, 0.15) is 92.3 Å². The zero-order valence-electron chi connectivity index (χ0n) is 46.4. The summed E-state index contributed by atoms with van der Waals surface area (Å²) in [6.07, 6.45) is 12.0. The smallest absolute Gasteiger partial charge is 0.0134 e. The number of unbranched alkanes of at least 4 members (excludes halogenated alkanes) is 6. The van der Waals surface area contributed by atoms with E-state index in [-0.39, 0.29) is 15.9 Å². The van der Waals surface area contributed by atoms with E-state index in [0.717, 1.165) is 34.0 Å². The van der Waals surface area contributed by atoms with Crippen molar-refractivity contribution in [2.75, 3.05) is 0 Å². The van der Waals surface area contributed by atoms with Crippen molar-refractivity contribution in [2.24, 2.45) is 0 Å². The molecule has 10 rings (SSSR count). The molecule has 0 N–H and O–H groups in total. The summed E-state index contributed by atoms with van der Waals surface area (Å²) in [4.78, 5) is 2.61. The Morgan fingerprint density at radius 3 is 1.06 bits per heavy atom. The monoisotopic (exact) mass is 1330 g/mol. The van der Waals surface area contributed by atoms with E-state index in [1.54, 1.807) is 22.7 Å². The van der Waals surface area contributed by atoms with E-state index < -0.39 is 15.8 Å². The Kier molecular flexibility index (Phi) is 33.5. The first kappa shape index (κ1) is 66.5. The van der Waals surface area contributed by atoms with E-state index >= 15 is 0 Å². The van der Waals surface area contributed by atoms with E-state index in [4.69, 9.17) is 24.3 Å². The fraction of sp³-hybridized carbons (Fsp3) is 0.183. The van der Waals surface area contributed by atoms with Crippen molar-refractivity contribution in [3.05, 3.63) is 285 Å². The van der Waals surface area contributed by atoms with Gasteiger partial charge >= 0.3 is 35.0 Å². The van der Waals surface area contributed by atoms with Gasteiger partial charge in [0, 0.05) is 14.2 Å². The molecule has 0 fully saturated rings. The zero-order chi connectivity index (χ0) is 57.5. The third-order valence-corrected chi connectivity index (χ3v) is 19.7. The summed E-state index contributed by atoms with van der Waals surface area (Å²) in [5.41, 5.74) is 5.17. The molecule has 0 bridgehead atoms. The van der Waals surface area contributed by atoms with E-state index in [9.17, 15) is 5.26 Å². The van der Waals surface area contributed by atoms with Crippen molar-refractivity contribution in [3.63, 3.8) is 0 Å². The minimum Gasteiger partial charge on any atom is -0.0622 e. The van der Waals surface area contributed by atoms with Gasteiger partial charge in [0.25, 0.3) is 0 Å². The molecule has 0 amide bonds. The maximum Gasteiger partial charge on any atom is -0.0134 e. The van der Waals surface area contributed by atoms with Crippen LogP contribution in [0.25, 0.3) is 10.4 Å². The maximum atomic E-state index is 9.30. The Morgan fingerprint density at radius 1 is 0.420 bits per heavy atom. The van der Waals surface area contributed by atoms with Gasteiger partial charge in [-0.05, 0) is 138 Å². The van der Waals surface area contributed by atoms with Gasteiger partial charge in [-0.3, -0.25) is 0 Å². The molecule has 0 unspecified atom stereocenters. The minimum atomic E-state index is -0.446. The van der Waals surface area contributed by atoms with Gasteiger partial charge in [-0.1, -0.05) is 281 Å². The number of thiophene rings is 2. The average Bonchev–Trinajstić information content (AvgIpc) is 4.26. The summed E-state index contributed by atoms with van der Waals surface area (Å²) in [7, 11) is 8.74. The summed E-state index contributed by atoms with van der Waals surface area (Å²) in [5, 5.41) is 30.8. The quantitative estimate of drug-likeness (QED) is 0.0518. The van der Waals surface area contributed by atoms with Gasteiger partial charge in [-0.2, -0.15) is 10.5 Å². The Morgan fingerprint density at radius 2 is 0.765 bits per heavy atom. The fourth-order valence-electron chi connectivity index (χ4n) is 8.57. The van der Waals surface area contributed by atoms with E-state index in [2.05, 4.69) is 278 Å². The molecule has 0 aliphatic carbocycles. The molecule has 0 radical (unpaired) electrons. The van der Waals surface area contributed by atoms with Crippen LogP contribution in [0.2, 0.25) is 0 Å². The van der Waals surface area contributed by atoms with Crippen molar-refractivity contribution in [1.29, 1.82) is 10.5 Å². The SMILES string of the molecule is CCCCCCc1ccc(-c2cccs2)cc1C#N.CCCCCCc1ccc(Br)cc1C#N.Cc1cccs1.[Cl][Pd][Cl].c1ccc(P(c2ccccc2)c2ccccc2)cc1.c1ccc(P(c2ccccc2)c2ccccc2)cc1. The predicted octanol–water partition coefficient (Wildman–Crippen LogP) is 20.2. The summed E-state index contributed by atoms with van der Waals surface area (Å²) >= 11 is 6.77.